The van der Waals surface area contributed by atoms with E-state index in [4.69, 9.17) is 9.51 Å². The zero-order valence-corrected chi connectivity index (χ0v) is 17.0. The number of nitrogens with zero attached hydrogens (tertiary/aromatic N) is 5. The Labute approximate surface area is 178 Å². The van der Waals surface area contributed by atoms with Crippen LogP contribution in [-0.4, -0.2) is 52.1 Å². The topological polar surface area (TPSA) is 75.4 Å². The first-order chi connectivity index (χ1) is 15.1. The summed E-state index contributed by atoms with van der Waals surface area (Å²) in [5.41, 5.74) is 1.75. The summed E-state index contributed by atoms with van der Waals surface area (Å²) in [7, 11) is 0. The SMILES string of the molecule is Cc1nc(-c2cc3ccccc3nc2N2CCN(C(=O)c3ccccc3F)CC2)no1. The summed E-state index contributed by atoms with van der Waals surface area (Å²) in [4.78, 5) is 25.8. The summed E-state index contributed by atoms with van der Waals surface area (Å²) in [6.45, 7) is 3.81. The lowest BCUT2D eigenvalue weighted by molar-refractivity contribution is 0.0742. The summed E-state index contributed by atoms with van der Waals surface area (Å²) in [6.07, 6.45) is 0. The second-order valence-electron chi connectivity index (χ2n) is 7.45. The van der Waals surface area contributed by atoms with E-state index in [0.29, 0.717) is 37.9 Å². The normalized spacial score (nSPS) is 14.3. The number of anilines is 1. The van der Waals surface area contributed by atoms with Crippen molar-refractivity contribution in [2.75, 3.05) is 31.1 Å². The van der Waals surface area contributed by atoms with Crippen molar-refractivity contribution < 1.29 is 13.7 Å². The Balaban J connectivity index is 1.44. The van der Waals surface area contributed by atoms with Crippen LogP contribution in [0.4, 0.5) is 10.2 Å². The highest BCUT2D eigenvalue weighted by molar-refractivity contribution is 5.94. The van der Waals surface area contributed by atoms with Gasteiger partial charge < -0.3 is 14.3 Å². The highest BCUT2D eigenvalue weighted by Crippen LogP contribution is 2.31. The largest absolute Gasteiger partial charge is 0.352 e. The van der Waals surface area contributed by atoms with Crippen LogP contribution in [-0.2, 0) is 0 Å². The number of carbonyl (C=O) groups is 1. The van der Waals surface area contributed by atoms with Crippen LogP contribution in [0.25, 0.3) is 22.3 Å². The van der Waals surface area contributed by atoms with Crippen LogP contribution in [0.2, 0.25) is 0 Å². The van der Waals surface area contributed by atoms with Crippen LogP contribution in [0.3, 0.4) is 0 Å². The molecule has 5 rings (SSSR count). The van der Waals surface area contributed by atoms with Gasteiger partial charge in [-0.1, -0.05) is 35.5 Å². The maximum Gasteiger partial charge on any atom is 0.256 e. The van der Waals surface area contributed by atoms with Gasteiger partial charge in [0.15, 0.2) is 0 Å². The van der Waals surface area contributed by atoms with Crippen molar-refractivity contribution in [1.82, 2.24) is 20.0 Å². The first-order valence-electron chi connectivity index (χ1n) is 10.1. The predicted molar refractivity (Wildman–Crippen MR) is 114 cm³/mol. The van der Waals surface area contributed by atoms with E-state index in [1.807, 2.05) is 30.3 Å². The Morgan fingerprint density at radius 2 is 1.74 bits per heavy atom. The fraction of sp³-hybridized carbons (Fsp3) is 0.217. The van der Waals surface area contributed by atoms with Crippen LogP contribution >= 0.6 is 0 Å². The van der Waals surface area contributed by atoms with Crippen molar-refractivity contribution in [3.8, 4) is 11.4 Å². The molecule has 1 saturated heterocycles. The molecule has 3 heterocycles. The lowest BCUT2D eigenvalue weighted by atomic mass is 10.1. The molecule has 2 aromatic heterocycles. The molecule has 4 aromatic rings. The summed E-state index contributed by atoms with van der Waals surface area (Å²) in [6, 6.07) is 16.0. The third kappa shape index (κ3) is 3.61. The Kier molecular flexibility index (Phi) is 4.82. The third-order valence-corrected chi connectivity index (χ3v) is 5.44. The number of amides is 1. The van der Waals surface area contributed by atoms with E-state index in [0.717, 1.165) is 22.3 Å². The van der Waals surface area contributed by atoms with Crippen LogP contribution < -0.4 is 4.90 Å². The van der Waals surface area contributed by atoms with E-state index in [1.54, 1.807) is 24.0 Å². The van der Waals surface area contributed by atoms with Gasteiger partial charge in [0, 0.05) is 38.5 Å². The molecule has 1 fully saturated rings. The molecule has 0 spiro atoms. The van der Waals surface area contributed by atoms with E-state index in [1.165, 1.54) is 12.1 Å². The highest BCUT2D eigenvalue weighted by atomic mass is 19.1. The number of piperazine rings is 1. The molecule has 0 radical (unpaired) electrons. The summed E-state index contributed by atoms with van der Waals surface area (Å²) >= 11 is 0. The third-order valence-electron chi connectivity index (χ3n) is 5.44. The van der Waals surface area contributed by atoms with Gasteiger partial charge in [-0.2, -0.15) is 4.98 Å². The van der Waals surface area contributed by atoms with Crippen LogP contribution in [0.1, 0.15) is 16.2 Å². The first-order valence-corrected chi connectivity index (χ1v) is 10.1. The maximum absolute atomic E-state index is 14.0. The van der Waals surface area contributed by atoms with E-state index < -0.39 is 5.82 Å². The molecule has 1 aliphatic heterocycles. The number of carbonyl (C=O) groups excluding carboxylic acids is 1. The fourth-order valence-corrected chi connectivity index (χ4v) is 3.85. The summed E-state index contributed by atoms with van der Waals surface area (Å²) in [5, 5.41) is 5.07. The molecular formula is C23H20FN5O2. The standard InChI is InChI=1S/C23H20FN5O2/c1-15-25-21(27-31-15)18-14-16-6-2-5-9-20(16)26-22(18)28-10-12-29(13-11-28)23(30)17-7-3-4-8-19(17)24/h2-9,14H,10-13H2,1H3. The predicted octanol–water partition coefficient (Wildman–Crippen LogP) is 3.69. The lowest BCUT2D eigenvalue weighted by Crippen LogP contribution is -2.49. The maximum atomic E-state index is 14.0. The number of hydrogen-bond acceptors (Lipinski definition) is 6. The average molecular weight is 417 g/mol. The molecule has 1 amide bonds. The van der Waals surface area contributed by atoms with E-state index in [9.17, 15) is 9.18 Å². The van der Waals surface area contributed by atoms with Crippen molar-refractivity contribution in [3.63, 3.8) is 0 Å². The summed E-state index contributed by atoms with van der Waals surface area (Å²) < 4.78 is 19.2. The van der Waals surface area contributed by atoms with Gasteiger partial charge in [0.2, 0.25) is 11.7 Å². The number of rotatable bonds is 3. The van der Waals surface area contributed by atoms with Gasteiger partial charge in [-0.15, -0.1) is 0 Å². The van der Waals surface area contributed by atoms with Crippen molar-refractivity contribution in [2.24, 2.45) is 0 Å². The lowest BCUT2D eigenvalue weighted by Gasteiger charge is -2.36. The van der Waals surface area contributed by atoms with Gasteiger partial charge in [-0.25, -0.2) is 9.37 Å². The Morgan fingerprint density at radius 3 is 2.48 bits per heavy atom. The second-order valence-corrected chi connectivity index (χ2v) is 7.45. The number of para-hydroxylation sites is 1. The quantitative estimate of drug-likeness (QED) is 0.506. The number of hydrogen-bond donors (Lipinski definition) is 0. The molecule has 0 aliphatic carbocycles. The molecule has 2 aromatic carbocycles. The monoisotopic (exact) mass is 417 g/mol. The van der Waals surface area contributed by atoms with Crippen molar-refractivity contribution >= 4 is 22.6 Å². The fourth-order valence-electron chi connectivity index (χ4n) is 3.85. The van der Waals surface area contributed by atoms with Crippen LogP contribution in [0.15, 0.2) is 59.1 Å². The number of aromatic nitrogens is 3. The Bertz CT molecular complexity index is 1260. The van der Waals surface area contributed by atoms with Crippen LogP contribution in [0.5, 0.6) is 0 Å². The number of fused-ring (bicyclic) bond motifs is 1. The molecule has 7 nitrogen and oxygen atoms in total. The number of pyridine rings is 1. The zero-order valence-electron chi connectivity index (χ0n) is 17.0. The van der Waals surface area contributed by atoms with Gasteiger partial charge in [0.05, 0.1) is 16.6 Å². The Hall–Kier alpha value is -3.81. The molecule has 0 unspecified atom stereocenters. The van der Waals surface area contributed by atoms with Crippen molar-refractivity contribution in [1.29, 1.82) is 0 Å². The molecule has 1 aliphatic rings. The molecule has 8 heteroatoms. The van der Waals surface area contributed by atoms with Crippen LogP contribution in [0, 0.1) is 12.7 Å². The Morgan fingerprint density at radius 1 is 1.00 bits per heavy atom. The highest BCUT2D eigenvalue weighted by Gasteiger charge is 2.27. The van der Waals surface area contributed by atoms with Gasteiger partial charge in [0.25, 0.3) is 5.91 Å². The smallest absolute Gasteiger partial charge is 0.256 e. The number of halogens is 1. The first kappa shape index (κ1) is 19.2. The second kappa shape index (κ2) is 7.79. The van der Waals surface area contributed by atoms with E-state index >= 15 is 0 Å². The average Bonchev–Trinajstić information content (AvgIpc) is 3.24. The minimum absolute atomic E-state index is 0.0998. The molecule has 0 bridgehead atoms. The molecule has 0 N–H and O–H groups in total. The van der Waals surface area contributed by atoms with Crippen molar-refractivity contribution in [3.05, 3.63) is 71.9 Å². The molecule has 0 atom stereocenters. The zero-order chi connectivity index (χ0) is 21.4. The number of aryl methyl sites for hydroxylation is 1. The molecule has 31 heavy (non-hydrogen) atoms. The summed E-state index contributed by atoms with van der Waals surface area (Å²) in [5.74, 6) is 0.918. The molecule has 0 saturated carbocycles. The minimum Gasteiger partial charge on any atom is -0.352 e. The van der Waals surface area contributed by atoms with Gasteiger partial charge >= 0.3 is 0 Å². The molecular weight excluding hydrogens is 397 g/mol. The van der Waals surface area contributed by atoms with E-state index in [-0.39, 0.29) is 11.5 Å². The minimum atomic E-state index is -0.499. The number of benzene rings is 2. The van der Waals surface area contributed by atoms with E-state index in [2.05, 4.69) is 15.0 Å². The van der Waals surface area contributed by atoms with Gasteiger partial charge in [-0.05, 0) is 24.3 Å². The van der Waals surface area contributed by atoms with Gasteiger partial charge in [0.1, 0.15) is 11.6 Å². The molecule has 156 valence electrons. The van der Waals surface area contributed by atoms with Crippen molar-refractivity contribution in [2.45, 2.75) is 6.92 Å². The van der Waals surface area contributed by atoms with Gasteiger partial charge in [-0.3, -0.25) is 4.79 Å².